The average Bonchev–Trinajstić information content (AvgIpc) is 3.09. The lowest BCUT2D eigenvalue weighted by Crippen LogP contribution is -2.37. The zero-order valence-corrected chi connectivity index (χ0v) is 16.5. The number of nitrogens with zero attached hydrogens (tertiary/aromatic N) is 1. The Morgan fingerprint density at radius 2 is 2.17 bits per heavy atom. The Morgan fingerprint density at radius 1 is 1.50 bits per heavy atom. The lowest BCUT2D eigenvalue weighted by molar-refractivity contribution is -0.0261. The van der Waals surface area contributed by atoms with E-state index >= 15 is 4.39 Å². The van der Waals surface area contributed by atoms with E-state index in [9.17, 15) is 9.59 Å². The Bertz CT molecular complexity index is 775. The van der Waals surface area contributed by atoms with Crippen molar-refractivity contribution in [2.45, 2.75) is 44.9 Å². The van der Waals surface area contributed by atoms with Crippen molar-refractivity contribution < 1.29 is 13.7 Å². The van der Waals surface area contributed by atoms with E-state index in [1.807, 2.05) is 6.92 Å². The summed E-state index contributed by atoms with van der Waals surface area (Å²) in [5.74, 6) is 1.82. The molecule has 0 radical (unpaired) electrons. The molecule has 0 aromatic carbocycles. The fraction of sp³-hybridized carbons (Fsp3) is 0.692. The molecule has 3 heterocycles. The van der Waals surface area contributed by atoms with Gasteiger partial charge in [0.05, 0.1) is 6.10 Å². The zero-order valence-electron chi connectivity index (χ0n) is 13.1. The number of aryl methyl sites for hydroxylation is 1. The number of hydrogen-bond acceptors (Lipinski definition) is 7. The van der Waals surface area contributed by atoms with Crippen LogP contribution in [0.25, 0.3) is 0 Å². The molecule has 2 saturated heterocycles. The van der Waals surface area contributed by atoms with Gasteiger partial charge in [-0.2, -0.15) is 0 Å². The first kappa shape index (κ1) is 18.7. The number of hydrogen-bond donors (Lipinski definition) is 1. The van der Waals surface area contributed by atoms with Crippen LogP contribution in [0.3, 0.4) is 0 Å². The Morgan fingerprint density at radius 3 is 2.79 bits per heavy atom. The summed E-state index contributed by atoms with van der Waals surface area (Å²) in [5.41, 5.74) is -0.864. The van der Waals surface area contributed by atoms with E-state index in [-0.39, 0.29) is 0 Å². The van der Waals surface area contributed by atoms with E-state index < -0.39 is 40.5 Å². The molecule has 1 aromatic heterocycles. The van der Waals surface area contributed by atoms with Crippen molar-refractivity contribution in [3.8, 4) is 0 Å². The Kier molecular flexibility index (Phi) is 5.64. The minimum absolute atomic E-state index is 0.317. The van der Waals surface area contributed by atoms with Crippen molar-refractivity contribution in [3.05, 3.63) is 32.6 Å². The molecular weight excluding hydrogens is 394 g/mol. The number of aromatic amines is 1. The highest BCUT2D eigenvalue weighted by atomic mass is 33.2. The van der Waals surface area contributed by atoms with E-state index in [2.05, 4.69) is 4.98 Å². The lowest BCUT2D eigenvalue weighted by atomic mass is 10.1. The van der Waals surface area contributed by atoms with Crippen LogP contribution in [-0.4, -0.2) is 39.4 Å². The van der Waals surface area contributed by atoms with Crippen LogP contribution in [-0.2, 0) is 21.1 Å². The molecule has 2 aliphatic heterocycles. The van der Waals surface area contributed by atoms with Crippen molar-refractivity contribution in [1.82, 2.24) is 9.55 Å². The fourth-order valence-corrected chi connectivity index (χ4v) is 12.0. The number of H-pyrrole nitrogens is 1. The van der Waals surface area contributed by atoms with Crippen LogP contribution in [0.1, 0.15) is 25.1 Å². The summed E-state index contributed by atoms with van der Waals surface area (Å²) in [6.45, 7) is 3.43. The highest BCUT2D eigenvalue weighted by molar-refractivity contribution is 9.00. The molecule has 1 aromatic rings. The summed E-state index contributed by atoms with van der Waals surface area (Å²) >= 11 is 8.71. The molecule has 3 rings (SSSR count). The molecule has 0 spiro atoms. The predicted octanol–water partition coefficient (Wildman–Crippen LogP) is 2.58. The second kappa shape index (κ2) is 7.25. The van der Waals surface area contributed by atoms with Crippen LogP contribution >= 0.6 is 27.4 Å². The van der Waals surface area contributed by atoms with Crippen molar-refractivity contribution in [2.24, 2.45) is 0 Å². The molecule has 0 bridgehead atoms. The third kappa shape index (κ3) is 3.54. The first-order chi connectivity index (χ1) is 11.3. The van der Waals surface area contributed by atoms with Gasteiger partial charge in [0.25, 0.3) is 5.56 Å². The van der Waals surface area contributed by atoms with E-state index in [1.54, 1.807) is 29.7 Å². The molecule has 0 aliphatic carbocycles. The van der Waals surface area contributed by atoms with Gasteiger partial charge in [-0.1, -0.05) is 29.7 Å². The number of ether oxygens (including phenoxy) is 1. The van der Waals surface area contributed by atoms with Crippen LogP contribution in [0.2, 0.25) is 0 Å². The molecule has 11 heteroatoms. The largest absolute Gasteiger partial charge is 0.349 e. The molecular formula is C13H18FN2O4PS3. The summed E-state index contributed by atoms with van der Waals surface area (Å²) < 4.78 is 25.7. The van der Waals surface area contributed by atoms with Gasteiger partial charge in [0.15, 0.2) is 17.1 Å². The van der Waals surface area contributed by atoms with Crippen LogP contribution in [0.15, 0.2) is 15.8 Å². The number of nitrogens with one attached hydrogen (secondary N) is 1. The maximum atomic E-state index is 15.1. The SMILES string of the molecule is CC[C@H]1O[C@@H](n2cc(C)c(=O)[nH]c2=O)[C@H](F)[C@@H]1OP1(=S)SCCS1. The maximum absolute atomic E-state index is 15.1. The third-order valence-corrected chi connectivity index (χ3v) is 13.7. The lowest BCUT2D eigenvalue weighted by Gasteiger charge is -2.24. The molecule has 134 valence electrons. The fourth-order valence-electron chi connectivity index (χ4n) is 2.69. The van der Waals surface area contributed by atoms with Gasteiger partial charge in [-0.05, 0) is 25.2 Å². The van der Waals surface area contributed by atoms with Crippen LogP contribution in [0, 0.1) is 6.92 Å². The number of rotatable bonds is 4. The van der Waals surface area contributed by atoms with Gasteiger partial charge in [0.2, 0.25) is 0 Å². The van der Waals surface area contributed by atoms with E-state index in [0.717, 1.165) is 16.1 Å². The van der Waals surface area contributed by atoms with Crippen molar-refractivity contribution in [3.63, 3.8) is 0 Å². The maximum Gasteiger partial charge on any atom is 0.330 e. The van der Waals surface area contributed by atoms with E-state index in [4.69, 9.17) is 21.1 Å². The molecule has 2 aliphatic rings. The van der Waals surface area contributed by atoms with Gasteiger partial charge in [-0.15, -0.1) is 0 Å². The predicted molar refractivity (Wildman–Crippen MR) is 99.2 cm³/mol. The molecule has 6 nitrogen and oxygen atoms in total. The van der Waals surface area contributed by atoms with Gasteiger partial charge >= 0.3 is 5.69 Å². The Balaban J connectivity index is 1.89. The topological polar surface area (TPSA) is 73.3 Å². The molecule has 4 atom stereocenters. The highest BCUT2D eigenvalue weighted by Gasteiger charge is 2.49. The minimum atomic E-state index is -2.15. The van der Waals surface area contributed by atoms with Gasteiger partial charge in [-0.3, -0.25) is 14.3 Å². The summed E-state index contributed by atoms with van der Waals surface area (Å²) in [4.78, 5) is 25.7. The second-order valence-electron chi connectivity index (χ2n) is 5.58. The van der Waals surface area contributed by atoms with Crippen LogP contribution in [0.5, 0.6) is 0 Å². The summed E-state index contributed by atoms with van der Waals surface area (Å²) in [6.07, 6.45) is -2.07. The normalized spacial score (nSPS) is 32.3. The number of alkyl halides is 1. The van der Waals surface area contributed by atoms with Crippen molar-refractivity contribution >= 4 is 39.2 Å². The first-order valence-corrected chi connectivity index (χ1v) is 13.4. The molecule has 24 heavy (non-hydrogen) atoms. The van der Waals surface area contributed by atoms with Crippen molar-refractivity contribution in [1.29, 1.82) is 0 Å². The molecule has 1 N–H and O–H groups in total. The van der Waals surface area contributed by atoms with Gasteiger partial charge < -0.3 is 9.26 Å². The van der Waals surface area contributed by atoms with Gasteiger partial charge in [0, 0.05) is 23.3 Å². The average molecular weight is 412 g/mol. The van der Waals surface area contributed by atoms with E-state index in [1.165, 1.54) is 6.20 Å². The Hall–Kier alpha value is -0.120. The standard InChI is InChI=1S/C13H18FN2O4PS3/c1-3-8-10(20-21(22)23-4-5-24-21)9(14)12(19-8)16-6-7(2)11(17)15-13(16)18/h6,8-10,12H,3-5H2,1-2H3,(H,15,17,18)/t8-,9-,10-,12-/m1/s1. The van der Waals surface area contributed by atoms with E-state index in [0.29, 0.717) is 12.0 Å². The minimum Gasteiger partial charge on any atom is -0.349 e. The molecule has 0 saturated carbocycles. The van der Waals surface area contributed by atoms with Gasteiger partial charge in [0.1, 0.15) is 6.10 Å². The number of halogens is 1. The molecule has 0 unspecified atom stereocenters. The molecule has 2 fully saturated rings. The monoisotopic (exact) mass is 412 g/mol. The quantitative estimate of drug-likeness (QED) is 0.762. The summed E-state index contributed by atoms with van der Waals surface area (Å²) in [5, 5.41) is 0. The Labute approximate surface area is 151 Å². The molecule has 0 amide bonds. The highest BCUT2D eigenvalue weighted by Crippen LogP contribution is 2.75. The third-order valence-electron chi connectivity index (χ3n) is 3.92. The summed E-state index contributed by atoms with van der Waals surface area (Å²) in [7, 11) is 0. The van der Waals surface area contributed by atoms with Crippen molar-refractivity contribution in [2.75, 3.05) is 11.5 Å². The first-order valence-electron chi connectivity index (χ1n) is 7.54. The second-order valence-corrected chi connectivity index (χ2v) is 16.3. The number of aromatic nitrogens is 2. The smallest absolute Gasteiger partial charge is 0.330 e. The van der Waals surface area contributed by atoms with Crippen LogP contribution in [0.4, 0.5) is 4.39 Å². The van der Waals surface area contributed by atoms with Gasteiger partial charge in [-0.25, -0.2) is 9.18 Å². The van der Waals surface area contributed by atoms with Crippen LogP contribution < -0.4 is 11.2 Å². The zero-order chi connectivity index (χ0) is 17.5. The summed E-state index contributed by atoms with van der Waals surface area (Å²) in [6, 6.07) is 0.